The third kappa shape index (κ3) is 2.37. The molecule has 1 aromatic heterocycles. The highest BCUT2D eigenvalue weighted by molar-refractivity contribution is 9.10. The number of ether oxygens (including phenoxy) is 2. The first-order chi connectivity index (χ1) is 8.67. The molecule has 1 atom stereocenters. The van der Waals surface area contributed by atoms with E-state index >= 15 is 0 Å². The van der Waals surface area contributed by atoms with Crippen LogP contribution in [-0.2, 0) is 0 Å². The minimum Gasteiger partial charge on any atom is -0.496 e. The van der Waals surface area contributed by atoms with E-state index in [1.807, 2.05) is 0 Å². The van der Waals surface area contributed by atoms with Crippen LogP contribution in [0, 0.1) is 0 Å². The van der Waals surface area contributed by atoms with Gasteiger partial charge in [-0.1, -0.05) is 0 Å². The van der Waals surface area contributed by atoms with E-state index in [0.29, 0.717) is 22.8 Å². The molecule has 2 aromatic rings. The third-order valence-electron chi connectivity index (χ3n) is 2.61. The lowest BCUT2D eigenvalue weighted by molar-refractivity contribution is 0.184. The Balaban J connectivity index is 2.48. The highest BCUT2D eigenvalue weighted by Gasteiger charge is 2.20. The van der Waals surface area contributed by atoms with Crippen LogP contribution in [0.1, 0.15) is 17.4 Å². The van der Waals surface area contributed by atoms with Crippen molar-refractivity contribution in [2.75, 3.05) is 14.2 Å². The molecule has 1 unspecified atom stereocenters. The summed E-state index contributed by atoms with van der Waals surface area (Å²) in [7, 11) is 3.11. The molecule has 1 N–H and O–H groups in total. The summed E-state index contributed by atoms with van der Waals surface area (Å²) in [5.41, 5.74) is 0.590. The Kier molecular flexibility index (Phi) is 3.93. The Bertz CT molecular complexity index is 522. The fraction of sp³-hybridized carbons (Fsp3) is 0.231. The van der Waals surface area contributed by atoms with Gasteiger partial charge in [-0.25, -0.2) is 0 Å². The number of furan rings is 1. The van der Waals surface area contributed by atoms with E-state index in [1.165, 1.54) is 6.26 Å². The van der Waals surface area contributed by atoms with Crippen molar-refractivity contribution in [1.82, 2.24) is 0 Å². The Morgan fingerprint density at radius 1 is 1.22 bits per heavy atom. The van der Waals surface area contributed by atoms with Crippen molar-refractivity contribution in [2.45, 2.75) is 6.10 Å². The predicted octanol–water partition coefficient (Wildman–Crippen LogP) is 3.14. The molecular weight excluding hydrogens is 300 g/mol. The lowest BCUT2D eigenvalue weighted by Crippen LogP contribution is -2.02. The molecule has 4 nitrogen and oxygen atoms in total. The van der Waals surface area contributed by atoms with Gasteiger partial charge in [0.25, 0.3) is 0 Å². The van der Waals surface area contributed by atoms with E-state index in [0.717, 1.165) is 4.47 Å². The van der Waals surface area contributed by atoms with Gasteiger partial charge in [0.1, 0.15) is 23.4 Å². The van der Waals surface area contributed by atoms with Gasteiger partial charge in [0.15, 0.2) is 0 Å². The summed E-state index contributed by atoms with van der Waals surface area (Å²) in [5.74, 6) is 1.64. The predicted molar refractivity (Wildman–Crippen MR) is 70.0 cm³/mol. The molecule has 0 fully saturated rings. The zero-order chi connectivity index (χ0) is 13.1. The molecule has 0 spiro atoms. The minimum absolute atomic E-state index is 0.456. The number of aliphatic hydroxyl groups is 1. The van der Waals surface area contributed by atoms with E-state index in [9.17, 15) is 5.11 Å². The average molecular weight is 313 g/mol. The van der Waals surface area contributed by atoms with Gasteiger partial charge in [0, 0.05) is 5.56 Å². The van der Waals surface area contributed by atoms with E-state index < -0.39 is 6.10 Å². The SMILES string of the molecule is COc1cc(C(O)c2ccco2)c(OC)cc1Br. The molecule has 0 aliphatic carbocycles. The van der Waals surface area contributed by atoms with Gasteiger partial charge >= 0.3 is 0 Å². The van der Waals surface area contributed by atoms with Crippen molar-refractivity contribution in [2.24, 2.45) is 0 Å². The molecular formula is C13H13BrO4. The number of hydrogen-bond donors (Lipinski definition) is 1. The lowest BCUT2D eigenvalue weighted by atomic mass is 10.1. The monoisotopic (exact) mass is 312 g/mol. The molecule has 0 aliphatic rings. The van der Waals surface area contributed by atoms with Crippen LogP contribution in [0.15, 0.2) is 39.4 Å². The molecule has 1 heterocycles. The van der Waals surface area contributed by atoms with Crippen molar-refractivity contribution in [3.63, 3.8) is 0 Å². The van der Waals surface area contributed by atoms with Crippen LogP contribution >= 0.6 is 15.9 Å². The maximum atomic E-state index is 10.3. The fourth-order valence-electron chi connectivity index (χ4n) is 1.70. The second-order valence-electron chi connectivity index (χ2n) is 3.65. The molecule has 18 heavy (non-hydrogen) atoms. The second-order valence-corrected chi connectivity index (χ2v) is 4.50. The average Bonchev–Trinajstić information content (AvgIpc) is 2.91. The highest BCUT2D eigenvalue weighted by Crippen LogP contribution is 2.37. The van der Waals surface area contributed by atoms with Gasteiger partial charge in [-0.05, 0) is 40.2 Å². The highest BCUT2D eigenvalue weighted by atomic mass is 79.9. The first kappa shape index (κ1) is 13.0. The van der Waals surface area contributed by atoms with Crippen molar-refractivity contribution < 1.29 is 19.0 Å². The van der Waals surface area contributed by atoms with E-state index in [2.05, 4.69) is 15.9 Å². The summed E-state index contributed by atoms with van der Waals surface area (Å²) in [5, 5.41) is 10.3. The van der Waals surface area contributed by atoms with Crippen LogP contribution in [0.4, 0.5) is 0 Å². The van der Waals surface area contributed by atoms with Gasteiger partial charge in [-0.3, -0.25) is 0 Å². The lowest BCUT2D eigenvalue weighted by Gasteiger charge is -2.15. The summed E-state index contributed by atoms with van der Waals surface area (Å²) < 4.78 is 16.4. The summed E-state index contributed by atoms with van der Waals surface area (Å²) in [6, 6.07) is 6.90. The van der Waals surface area contributed by atoms with Crippen molar-refractivity contribution in [3.05, 3.63) is 46.3 Å². The molecule has 1 aromatic carbocycles. The van der Waals surface area contributed by atoms with Gasteiger partial charge in [-0.15, -0.1) is 0 Å². The number of hydrogen-bond acceptors (Lipinski definition) is 4. The first-order valence-electron chi connectivity index (χ1n) is 5.30. The van der Waals surface area contributed by atoms with Crippen LogP contribution in [0.25, 0.3) is 0 Å². The number of halogens is 1. The van der Waals surface area contributed by atoms with Gasteiger partial charge in [-0.2, -0.15) is 0 Å². The number of aliphatic hydroxyl groups excluding tert-OH is 1. The van der Waals surface area contributed by atoms with Crippen LogP contribution in [-0.4, -0.2) is 19.3 Å². The molecule has 96 valence electrons. The van der Waals surface area contributed by atoms with E-state index in [4.69, 9.17) is 13.9 Å². The molecule has 2 rings (SSSR count). The van der Waals surface area contributed by atoms with Crippen molar-refractivity contribution >= 4 is 15.9 Å². The van der Waals surface area contributed by atoms with Gasteiger partial charge in [0.05, 0.1) is 25.0 Å². The Hall–Kier alpha value is -1.46. The summed E-state index contributed by atoms with van der Waals surface area (Å²) in [6.07, 6.45) is 0.623. The maximum absolute atomic E-state index is 10.3. The molecule has 0 radical (unpaired) electrons. The summed E-state index contributed by atoms with van der Waals surface area (Å²) in [4.78, 5) is 0. The molecule has 0 saturated carbocycles. The molecule has 0 bridgehead atoms. The third-order valence-corrected chi connectivity index (χ3v) is 3.23. The largest absolute Gasteiger partial charge is 0.496 e. The zero-order valence-electron chi connectivity index (χ0n) is 10.0. The van der Waals surface area contributed by atoms with Crippen LogP contribution in [0.2, 0.25) is 0 Å². The van der Waals surface area contributed by atoms with Crippen LogP contribution < -0.4 is 9.47 Å². The Morgan fingerprint density at radius 2 is 1.94 bits per heavy atom. The fourth-order valence-corrected chi connectivity index (χ4v) is 2.18. The minimum atomic E-state index is -0.892. The molecule has 0 amide bonds. The van der Waals surface area contributed by atoms with Crippen LogP contribution in [0.5, 0.6) is 11.5 Å². The number of methoxy groups -OCH3 is 2. The maximum Gasteiger partial charge on any atom is 0.140 e. The normalized spacial score (nSPS) is 12.2. The first-order valence-corrected chi connectivity index (χ1v) is 6.09. The smallest absolute Gasteiger partial charge is 0.140 e. The second kappa shape index (κ2) is 5.46. The number of rotatable bonds is 4. The molecule has 0 saturated heterocycles. The molecule has 0 aliphatic heterocycles. The zero-order valence-corrected chi connectivity index (χ0v) is 11.6. The summed E-state index contributed by atoms with van der Waals surface area (Å²) in [6.45, 7) is 0. The Labute approximate surface area is 113 Å². The molecule has 5 heteroatoms. The van der Waals surface area contributed by atoms with Gasteiger partial charge < -0.3 is 19.0 Å². The van der Waals surface area contributed by atoms with Crippen LogP contribution in [0.3, 0.4) is 0 Å². The topological polar surface area (TPSA) is 51.8 Å². The quantitative estimate of drug-likeness (QED) is 0.942. The summed E-state index contributed by atoms with van der Waals surface area (Å²) >= 11 is 3.37. The number of benzene rings is 1. The standard InChI is InChI=1S/C13H13BrO4/c1-16-11-7-9(14)12(17-2)6-8(11)13(15)10-4-3-5-18-10/h3-7,13,15H,1-2H3. The van der Waals surface area contributed by atoms with Gasteiger partial charge in [0.2, 0.25) is 0 Å². The van der Waals surface area contributed by atoms with E-state index in [-0.39, 0.29) is 0 Å². The van der Waals surface area contributed by atoms with Crippen molar-refractivity contribution in [1.29, 1.82) is 0 Å². The van der Waals surface area contributed by atoms with Crippen molar-refractivity contribution in [3.8, 4) is 11.5 Å². The van der Waals surface area contributed by atoms with E-state index in [1.54, 1.807) is 38.5 Å². The Morgan fingerprint density at radius 3 is 2.50 bits per heavy atom.